The predicted molar refractivity (Wildman–Crippen MR) is 112 cm³/mol. The number of rotatable bonds is 18. The van der Waals surface area contributed by atoms with Crippen molar-refractivity contribution in [2.24, 2.45) is 0 Å². The topological polar surface area (TPSA) is 63.6 Å². The van der Waals surface area contributed by atoms with Gasteiger partial charge in [0.25, 0.3) is 0 Å². The fraction of sp³-hybridized carbons (Fsp3) is 0.826. The summed E-state index contributed by atoms with van der Waals surface area (Å²) in [6.07, 6.45) is 16.4. The zero-order valence-electron chi connectivity index (χ0n) is 17.9. The van der Waals surface area contributed by atoms with E-state index in [1.54, 1.807) is 12.2 Å². The maximum atomic E-state index is 11.8. The molecule has 0 aromatic heterocycles. The number of allylic oxidation sites excluding steroid dienone is 1. The molecule has 0 saturated carbocycles. The van der Waals surface area contributed by atoms with Gasteiger partial charge in [0.2, 0.25) is 0 Å². The van der Waals surface area contributed by atoms with Crippen molar-refractivity contribution in [3.8, 4) is 0 Å². The Morgan fingerprint density at radius 3 is 2.04 bits per heavy atom. The average Bonchev–Trinajstić information content (AvgIpc) is 2.61. The molecule has 0 aliphatic rings. The third-order valence-corrected chi connectivity index (χ3v) is 4.53. The van der Waals surface area contributed by atoms with Gasteiger partial charge in [-0.05, 0) is 39.2 Å². The molecule has 1 atom stereocenters. The van der Waals surface area contributed by atoms with Gasteiger partial charge in [0.1, 0.15) is 0 Å². The Labute approximate surface area is 166 Å². The molecule has 0 saturated heterocycles. The van der Waals surface area contributed by atoms with E-state index < -0.39 is 6.10 Å². The molecule has 0 aliphatic carbocycles. The van der Waals surface area contributed by atoms with Gasteiger partial charge in [-0.15, -0.1) is 0 Å². The molecule has 0 rings (SSSR count). The zero-order chi connectivity index (χ0) is 20.3. The summed E-state index contributed by atoms with van der Waals surface area (Å²) < 4.78 is 5.10. The van der Waals surface area contributed by atoms with Gasteiger partial charge in [0, 0.05) is 12.8 Å². The van der Waals surface area contributed by atoms with Gasteiger partial charge in [0.15, 0.2) is 5.78 Å². The summed E-state index contributed by atoms with van der Waals surface area (Å²) in [4.78, 5) is 23.2. The molecule has 0 fully saturated rings. The van der Waals surface area contributed by atoms with Gasteiger partial charge in [-0.1, -0.05) is 70.8 Å². The molecule has 1 unspecified atom stereocenters. The van der Waals surface area contributed by atoms with Crippen LogP contribution >= 0.6 is 0 Å². The minimum Gasteiger partial charge on any atom is -0.463 e. The number of ether oxygens (including phenoxy) is 1. The minimum absolute atomic E-state index is 0.0315. The van der Waals surface area contributed by atoms with Crippen molar-refractivity contribution in [3.63, 3.8) is 0 Å². The monoisotopic (exact) mass is 382 g/mol. The van der Waals surface area contributed by atoms with Crippen LogP contribution in [-0.2, 0) is 14.3 Å². The highest BCUT2D eigenvalue weighted by Crippen LogP contribution is 2.11. The molecule has 158 valence electrons. The second-order valence-corrected chi connectivity index (χ2v) is 7.76. The second kappa shape index (κ2) is 18.2. The number of aliphatic hydroxyl groups excluding tert-OH is 1. The van der Waals surface area contributed by atoms with Crippen LogP contribution in [0.2, 0.25) is 0 Å². The van der Waals surface area contributed by atoms with Gasteiger partial charge in [0.05, 0.1) is 12.2 Å². The Morgan fingerprint density at radius 2 is 1.41 bits per heavy atom. The van der Waals surface area contributed by atoms with E-state index >= 15 is 0 Å². The van der Waals surface area contributed by atoms with Crippen molar-refractivity contribution >= 4 is 11.8 Å². The van der Waals surface area contributed by atoms with Crippen LogP contribution in [0.1, 0.15) is 111 Å². The highest BCUT2D eigenvalue weighted by molar-refractivity contribution is 5.89. The minimum atomic E-state index is -0.488. The summed E-state index contributed by atoms with van der Waals surface area (Å²) in [5.74, 6) is 0.00185. The van der Waals surface area contributed by atoms with Gasteiger partial charge < -0.3 is 9.84 Å². The maximum absolute atomic E-state index is 11.8. The number of carbonyl (C=O) groups excluding carboxylic acids is 2. The van der Waals surface area contributed by atoms with Crippen molar-refractivity contribution in [1.29, 1.82) is 0 Å². The number of unbranched alkanes of at least 4 members (excludes halogenated alkanes) is 9. The molecule has 1 N–H and O–H groups in total. The fourth-order valence-electron chi connectivity index (χ4n) is 2.95. The molecule has 0 aromatic carbocycles. The van der Waals surface area contributed by atoms with Crippen LogP contribution in [-0.4, -0.2) is 29.1 Å². The molecule has 0 aliphatic heterocycles. The number of hydrogen-bond donors (Lipinski definition) is 1. The average molecular weight is 383 g/mol. The van der Waals surface area contributed by atoms with Crippen molar-refractivity contribution in [2.45, 2.75) is 123 Å². The molecule has 4 nitrogen and oxygen atoms in total. The van der Waals surface area contributed by atoms with Crippen LogP contribution in [0.3, 0.4) is 0 Å². The Kier molecular flexibility index (Phi) is 17.4. The molecule has 0 aromatic rings. The summed E-state index contributed by atoms with van der Waals surface area (Å²) in [5, 5.41) is 9.86. The highest BCUT2D eigenvalue weighted by Gasteiger charge is 2.05. The summed E-state index contributed by atoms with van der Waals surface area (Å²) in [5.41, 5.74) is 0. The SMILES string of the molecule is CCCCCCCC(O)/C=C/C(=O)CCCCCCCCC(=O)OC(C)C. The third kappa shape index (κ3) is 19.4. The van der Waals surface area contributed by atoms with Gasteiger partial charge >= 0.3 is 5.97 Å². The van der Waals surface area contributed by atoms with Crippen LogP contribution in [0.5, 0.6) is 0 Å². The van der Waals surface area contributed by atoms with Crippen molar-refractivity contribution in [2.75, 3.05) is 0 Å². The smallest absolute Gasteiger partial charge is 0.306 e. The van der Waals surface area contributed by atoms with E-state index in [4.69, 9.17) is 4.74 Å². The first-order valence-corrected chi connectivity index (χ1v) is 11.0. The first-order valence-electron chi connectivity index (χ1n) is 11.0. The standard InChI is InChI=1S/C23H42O4/c1-4-5-6-9-12-15-21(24)18-19-22(25)16-13-10-7-8-11-14-17-23(26)27-20(2)3/h18-21,24H,4-17H2,1-3H3/b19-18+. The van der Waals surface area contributed by atoms with Gasteiger partial charge in [-0.3, -0.25) is 9.59 Å². The molecule has 0 radical (unpaired) electrons. The van der Waals surface area contributed by atoms with Gasteiger partial charge in [-0.25, -0.2) is 0 Å². The van der Waals surface area contributed by atoms with Crippen LogP contribution in [0.25, 0.3) is 0 Å². The zero-order valence-corrected chi connectivity index (χ0v) is 17.9. The first-order chi connectivity index (χ1) is 13.0. The normalized spacial score (nSPS) is 12.6. The molecule has 27 heavy (non-hydrogen) atoms. The van der Waals surface area contributed by atoms with Crippen LogP contribution in [0.15, 0.2) is 12.2 Å². The number of carbonyl (C=O) groups is 2. The Hall–Kier alpha value is -1.16. The van der Waals surface area contributed by atoms with E-state index in [-0.39, 0.29) is 17.9 Å². The maximum Gasteiger partial charge on any atom is 0.306 e. The van der Waals surface area contributed by atoms with E-state index in [0.29, 0.717) is 12.8 Å². The van der Waals surface area contributed by atoms with Crippen molar-refractivity contribution in [3.05, 3.63) is 12.2 Å². The van der Waals surface area contributed by atoms with Gasteiger partial charge in [-0.2, -0.15) is 0 Å². The highest BCUT2D eigenvalue weighted by atomic mass is 16.5. The lowest BCUT2D eigenvalue weighted by atomic mass is 10.1. The van der Waals surface area contributed by atoms with E-state index in [0.717, 1.165) is 57.8 Å². The lowest BCUT2D eigenvalue weighted by molar-refractivity contribution is -0.147. The lowest BCUT2D eigenvalue weighted by Crippen LogP contribution is -2.10. The molecule has 0 heterocycles. The fourth-order valence-corrected chi connectivity index (χ4v) is 2.95. The van der Waals surface area contributed by atoms with Crippen molar-refractivity contribution in [1.82, 2.24) is 0 Å². The Morgan fingerprint density at radius 1 is 0.852 bits per heavy atom. The number of hydrogen-bond acceptors (Lipinski definition) is 4. The number of aliphatic hydroxyl groups is 1. The molecular weight excluding hydrogens is 340 g/mol. The quantitative estimate of drug-likeness (QED) is 0.182. The van der Waals surface area contributed by atoms with Crippen LogP contribution in [0.4, 0.5) is 0 Å². The molecule has 0 amide bonds. The molecule has 0 spiro atoms. The largest absolute Gasteiger partial charge is 0.463 e. The molecule has 4 heteroatoms. The van der Waals surface area contributed by atoms with E-state index in [9.17, 15) is 14.7 Å². The predicted octanol–water partition coefficient (Wildman–Crippen LogP) is 5.91. The summed E-state index contributed by atoms with van der Waals surface area (Å²) in [6.45, 7) is 5.92. The number of ketones is 1. The molecule has 0 bridgehead atoms. The lowest BCUT2D eigenvalue weighted by Gasteiger charge is -2.07. The van der Waals surface area contributed by atoms with E-state index in [1.165, 1.54) is 19.3 Å². The summed E-state index contributed by atoms with van der Waals surface area (Å²) >= 11 is 0. The van der Waals surface area contributed by atoms with E-state index in [1.807, 2.05) is 13.8 Å². The van der Waals surface area contributed by atoms with Crippen LogP contribution < -0.4 is 0 Å². The summed E-state index contributed by atoms with van der Waals surface area (Å²) in [7, 11) is 0. The van der Waals surface area contributed by atoms with Crippen LogP contribution in [0, 0.1) is 0 Å². The second-order valence-electron chi connectivity index (χ2n) is 7.76. The molecular formula is C23H42O4. The van der Waals surface area contributed by atoms with E-state index in [2.05, 4.69) is 6.92 Å². The third-order valence-electron chi connectivity index (χ3n) is 4.53. The first kappa shape index (κ1) is 25.8. The summed E-state index contributed by atoms with van der Waals surface area (Å²) in [6, 6.07) is 0. The Bertz CT molecular complexity index is 401. The number of esters is 1. The van der Waals surface area contributed by atoms with Crippen molar-refractivity contribution < 1.29 is 19.4 Å². The Balaban J connectivity index is 3.51.